The number of hydrogen-bond acceptors (Lipinski definition) is 3. The molecule has 1 aromatic rings. The van der Waals surface area contributed by atoms with E-state index in [2.05, 4.69) is 17.3 Å². The Hall–Kier alpha value is -1.39. The molecule has 0 spiro atoms. The summed E-state index contributed by atoms with van der Waals surface area (Å²) >= 11 is 0. The van der Waals surface area contributed by atoms with Crippen LogP contribution in [-0.4, -0.2) is 62.0 Å². The molecule has 1 heterocycles. The second-order valence-corrected chi connectivity index (χ2v) is 5.34. The van der Waals surface area contributed by atoms with Crippen LogP contribution in [-0.2, 0) is 0 Å². The Labute approximate surface area is 115 Å². The first kappa shape index (κ1) is 14.0. The van der Waals surface area contributed by atoms with Crippen LogP contribution in [0.4, 0.5) is 0 Å². The van der Waals surface area contributed by atoms with Crippen LogP contribution in [0.2, 0.25) is 0 Å². The third-order valence-electron chi connectivity index (χ3n) is 3.65. The number of hydrogen-bond donors (Lipinski definition) is 1. The van der Waals surface area contributed by atoms with Gasteiger partial charge in [0, 0.05) is 31.7 Å². The second-order valence-electron chi connectivity index (χ2n) is 5.34. The van der Waals surface area contributed by atoms with Crippen LogP contribution in [0.3, 0.4) is 0 Å². The number of aryl methyl sites for hydroxylation is 1. The first-order valence-corrected chi connectivity index (χ1v) is 6.82. The van der Waals surface area contributed by atoms with Crippen molar-refractivity contribution in [2.45, 2.75) is 13.0 Å². The van der Waals surface area contributed by atoms with Gasteiger partial charge in [-0.1, -0.05) is 17.7 Å². The lowest BCUT2D eigenvalue weighted by atomic mass is 10.1. The molecule has 4 heteroatoms. The van der Waals surface area contributed by atoms with Crippen molar-refractivity contribution in [3.63, 3.8) is 0 Å². The number of rotatable bonds is 3. The maximum absolute atomic E-state index is 12.6. The van der Waals surface area contributed by atoms with Crippen molar-refractivity contribution in [1.29, 1.82) is 0 Å². The van der Waals surface area contributed by atoms with Gasteiger partial charge in [-0.25, -0.2) is 0 Å². The normalized spacial score (nSPS) is 20.6. The molecular weight excluding hydrogens is 238 g/mol. The number of carbonyl (C=O) groups excluding carboxylic acids is 1. The van der Waals surface area contributed by atoms with E-state index in [9.17, 15) is 4.79 Å². The van der Waals surface area contributed by atoms with E-state index in [1.54, 1.807) is 0 Å². The van der Waals surface area contributed by atoms with Crippen LogP contribution < -0.4 is 5.32 Å². The third-order valence-corrected chi connectivity index (χ3v) is 3.65. The van der Waals surface area contributed by atoms with Crippen molar-refractivity contribution < 1.29 is 4.79 Å². The van der Waals surface area contributed by atoms with E-state index in [0.29, 0.717) is 0 Å². The zero-order valence-corrected chi connectivity index (χ0v) is 12.0. The molecule has 104 valence electrons. The third kappa shape index (κ3) is 3.33. The maximum atomic E-state index is 12.6. The van der Waals surface area contributed by atoms with Gasteiger partial charge in [-0.2, -0.15) is 0 Å². The number of benzene rings is 1. The molecule has 1 aromatic carbocycles. The van der Waals surface area contributed by atoms with Crippen LogP contribution in [0.15, 0.2) is 24.3 Å². The second kappa shape index (κ2) is 6.17. The Balaban J connectivity index is 2.16. The van der Waals surface area contributed by atoms with Gasteiger partial charge in [0.2, 0.25) is 0 Å². The van der Waals surface area contributed by atoms with E-state index >= 15 is 0 Å². The zero-order chi connectivity index (χ0) is 13.8. The lowest BCUT2D eigenvalue weighted by Crippen LogP contribution is -2.57. The minimum absolute atomic E-state index is 0.150. The van der Waals surface area contributed by atoms with E-state index in [1.165, 1.54) is 0 Å². The summed E-state index contributed by atoms with van der Waals surface area (Å²) in [5, 5.41) is 3.19. The fraction of sp³-hybridized carbons (Fsp3) is 0.533. The summed E-state index contributed by atoms with van der Waals surface area (Å²) in [4.78, 5) is 16.9. The molecule has 19 heavy (non-hydrogen) atoms. The molecule has 0 aromatic heterocycles. The van der Waals surface area contributed by atoms with E-state index in [4.69, 9.17) is 0 Å². The maximum Gasteiger partial charge on any atom is 0.254 e. The highest BCUT2D eigenvalue weighted by Gasteiger charge is 2.29. The van der Waals surface area contributed by atoms with Crippen LogP contribution in [0, 0.1) is 6.92 Å². The minimum Gasteiger partial charge on any atom is -0.332 e. The zero-order valence-electron chi connectivity index (χ0n) is 12.0. The molecule has 1 aliphatic rings. The summed E-state index contributed by atoms with van der Waals surface area (Å²) < 4.78 is 0. The fourth-order valence-corrected chi connectivity index (χ4v) is 2.63. The minimum atomic E-state index is 0.150. The van der Waals surface area contributed by atoms with Crippen molar-refractivity contribution >= 4 is 5.91 Å². The highest BCUT2D eigenvalue weighted by Crippen LogP contribution is 2.14. The lowest BCUT2D eigenvalue weighted by Gasteiger charge is -2.40. The molecule has 1 atom stereocenters. The van der Waals surface area contributed by atoms with Crippen molar-refractivity contribution in [3.05, 3.63) is 35.4 Å². The summed E-state index contributed by atoms with van der Waals surface area (Å²) in [6.45, 7) is 5.53. The quantitative estimate of drug-likeness (QED) is 0.881. The number of nitrogens with zero attached hydrogens (tertiary/aromatic N) is 2. The number of carbonyl (C=O) groups is 1. The molecule has 1 N–H and O–H groups in total. The first-order valence-electron chi connectivity index (χ1n) is 6.82. The molecule has 0 bridgehead atoms. The highest BCUT2D eigenvalue weighted by atomic mass is 16.2. The molecule has 0 aliphatic carbocycles. The van der Waals surface area contributed by atoms with Gasteiger partial charge in [0.1, 0.15) is 0 Å². The predicted molar refractivity (Wildman–Crippen MR) is 77.4 cm³/mol. The Morgan fingerprint density at radius 1 is 1.42 bits per heavy atom. The number of piperazine rings is 1. The molecule has 0 radical (unpaired) electrons. The van der Waals surface area contributed by atoms with Gasteiger partial charge < -0.3 is 15.1 Å². The molecule has 1 fully saturated rings. The average Bonchev–Trinajstić information content (AvgIpc) is 2.39. The van der Waals surface area contributed by atoms with Gasteiger partial charge in [-0.3, -0.25) is 4.79 Å². The van der Waals surface area contributed by atoms with Crippen molar-refractivity contribution in [2.24, 2.45) is 0 Å². The number of amides is 1. The van der Waals surface area contributed by atoms with Crippen LogP contribution in [0.5, 0.6) is 0 Å². The number of nitrogens with one attached hydrogen (secondary N) is 1. The topological polar surface area (TPSA) is 35.6 Å². The van der Waals surface area contributed by atoms with Crippen LogP contribution in [0.1, 0.15) is 15.9 Å². The van der Waals surface area contributed by atoms with E-state index < -0.39 is 0 Å². The Bertz CT molecular complexity index is 447. The smallest absolute Gasteiger partial charge is 0.254 e. The molecule has 1 aliphatic heterocycles. The SMILES string of the molecule is CNCC1CN(C)CCN1C(=O)c1cccc(C)c1. The Morgan fingerprint density at radius 3 is 2.89 bits per heavy atom. The van der Waals surface area contributed by atoms with E-state index in [1.807, 2.05) is 43.1 Å². The molecule has 1 unspecified atom stereocenters. The van der Waals surface area contributed by atoms with Gasteiger partial charge in [0.15, 0.2) is 0 Å². The summed E-state index contributed by atoms with van der Waals surface area (Å²) in [5.41, 5.74) is 1.93. The lowest BCUT2D eigenvalue weighted by molar-refractivity contribution is 0.0504. The van der Waals surface area contributed by atoms with Gasteiger partial charge >= 0.3 is 0 Å². The number of likely N-dealkylation sites (N-methyl/N-ethyl adjacent to an activating group) is 2. The molecular formula is C15H23N3O. The summed E-state index contributed by atoms with van der Waals surface area (Å²) in [7, 11) is 4.04. The fourth-order valence-electron chi connectivity index (χ4n) is 2.63. The van der Waals surface area contributed by atoms with Gasteiger partial charge in [0.05, 0.1) is 6.04 Å². The van der Waals surface area contributed by atoms with E-state index in [-0.39, 0.29) is 11.9 Å². The van der Waals surface area contributed by atoms with Crippen LogP contribution >= 0.6 is 0 Å². The Kier molecular flexibility index (Phi) is 4.56. The Morgan fingerprint density at radius 2 is 2.21 bits per heavy atom. The van der Waals surface area contributed by atoms with Crippen LogP contribution in [0.25, 0.3) is 0 Å². The molecule has 1 amide bonds. The van der Waals surface area contributed by atoms with Gasteiger partial charge in [-0.15, -0.1) is 0 Å². The van der Waals surface area contributed by atoms with Gasteiger partial charge in [0.25, 0.3) is 5.91 Å². The van der Waals surface area contributed by atoms with Gasteiger partial charge in [-0.05, 0) is 33.2 Å². The molecule has 2 rings (SSSR count). The van der Waals surface area contributed by atoms with Crippen molar-refractivity contribution in [1.82, 2.24) is 15.1 Å². The summed E-state index contributed by atoms with van der Waals surface area (Å²) in [6, 6.07) is 8.09. The van der Waals surface area contributed by atoms with E-state index in [0.717, 1.165) is 37.3 Å². The first-order chi connectivity index (χ1) is 9.11. The molecule has 4 nitrogen and oxygen atoms in total. The largest absolute Gasteiger partial charge is 0.332 e. The summed E-state index contributed by atoms with van der Waals surface area (Å²) in [5.74, 6) is 0.150. The standard InChI is InChI=1S/C15H23N3O/c1-12-5-4-6-13(9-12)15(19)18-8-7-17(3)11-14(18)10-16-2/h4-6,9,14,16H,7-8,10-11H2,1-3H3. The average molecular weight is 261 g/mol. The van der Waals surface area contributed by atoms with Crippen molar-refractivity contribution in [3.8, 4) is 0 Å². The highest BCUT2D eigenvalue weighted by molar-refractivity contribution is 5.94. The monoisotopic (exact) mass is 261 g/mol. The predicted octanol–water partition coefficient (Wildman–Crippen LogP) is 0.971. The molecule has 1 saturated heterocycles. The summed E-state index contributed by atoms with van der Waals surface area (Å²) in [6.07, 6.45) is 0. The molecule has 0 saturated carbocycles. The van der Waals surface area contributed by atoms with Crippen molar-refractivity contribution in [2.75, 3.05) is 40.3 Å².